The molecule has 0 aliphatic heterocycles. The summed E-state index contributed by atoms with van der Waals surface area (Å²) in [6.07, 6.45) is -2.52. The number of carbonyl (C=O) groups is 7. The fourth-order valence-corrected chi connectivity index (χ4v) is 2.80. The molecule has 0 aromatic carbocycles. The Morgan fingerprint density at radius 1 is 0.703 bits per heavy atom. The maximum absolute atomic E-state index is 12.7. The van der Waals surface area contributed by atoms with Crippen LogP contribution in [0.1, 0.15) is 38.5 Å². The molecule has 37 heavy (non-hydrogen) atoms. The van der Waals surface area contributed by atoms with Crippen molar-refractivity contribution < 1.29 is 48.9 Å². The number of carboxylic acid groups (broad SMARTS) is 3. The summed E-state index contributed by atoms with van der Waals surface area (Å²) in [5.41, 5.74) is 20.9. The number of carboxylic acids is 3. The van der Waals surface area contributed by atoms with Gasteiger partial charge in [-0.2, -0.15) is 0 Å². The highest BCUT2D eigenvalue weighted by Gasteiger charge is 2.31. The van der Waals surface area contributed by atoms with Crippen molar-refractivity contribution >= 4 is 47.5 Å². The molecule has 0 aliphatic rings. The van der Waals surface area contributed by atoms with E-state index >= 15 is 0 Å². The summed E-state index contributed by atoms with van der Waals surface area (Å²) in [4.78, 5) is 85.9. The van der Waals surface area contributed by atoms with Crippen molar-refractivity contribution in [2.45, 2.75) is 62.7 Å². The second kappa shape index (κ2) is 16.2. The van der Waals surface area contributed by atoms with E-state index in [4.69, 9.17) is 33.1 Å². The lowest BCUT2D eigenvalue weighted by Gasteiger charge is -2.24. The van der Waals surface area contributed by atoms with Gasteiger partial charge in [-0.1, -0.05) is 0 Å². The molecule has 0 saturated heterocycles. The van der Waals surface area contributed by atoms with Crippen molar-refractivity contribution in [3.63, 3.8) is 0 Å². The van der Waals surface area contributed by atoms with Crippen LogP contribution in [-0.4, -0.2) is 93.5 Å². The highest BCUT2D eigenvalue weighted by molar-refractivity contribution is 5.96. The Labute approximate surface area is 210 Å². The minimum atomic E-state index is -1.79. The number of nitrogens with one attached hydrogen (secondary N) is 3. The first-order valence-electron chi connectivity index (χ1n) is 10.8. The van der Waals surface area contributed by atoms with E-state index in [1.165, 1.54) is 0 Å². The van der Waals surface area contributed by atoms with Crippen molar-refractivity contribution in [2.24, 2.45) is 27.9 Å². The van der Waals surface area contributed by atoms with Gasteiger partial charge in [0.2, 0.25) is 23.6 Å². The van der Waals surface area contributed by atoms with Gasteiger partial charge in [-0.05, 0) is 19.3 Å². The lowest BCUT2D eigenvalue weighted by Crippen LogP contribution is -2.57. The molecule has 208 valence electrons. The number of hydrogen-bond acceptors (Lipinski definition) is 9. The molecule has 0 bridgehead atoms. The largest absolute Gasteiger partial charge is 0.481 e. The van der Waals surface area contributed by atoms with Gasteiger partial charge in [0.25, 0.3) is 0 Å². The fraction of sp³-hybridized carbons (Fsp3) is 0.579. The molecule has 0 aromatic rings. The van der Waals surface area contributed by atoms with Gasteiger partial charge in [-0.15, -0.1) is 0 Å². The van der Waals surface area contributed by atoms with Crippen molar-refractivity contribution in [3.8, 4) is 0 Å². The van der Waals surface area contributed by atoms with Crippen LogP contribution in [0.15, 0.2) is 4.99 Å². The summed E-state index contributed by atoms with van der Waals surface area (Å²) in [6.45, 7) is 0.0738. The third-order valence-electron chi connectivity index (χ3n) is 4.62. The van der Waals surface area contributed by atoms with Crippen LogP contribution in [0.5, 0.6) is 0 Å². The predicted octanol–water partition coefficient (Wildman–Crippen LogP) is -4.88. The minimum Gasteiger partial charge on any atom is -0.481 e. The summed E-state index contributed by atoms with van der Waals surface area (Å²) in [5.74, 6) is -8.80. The highest BCUT2D eigenvalue weighted by atomic mass is 16.4. The highest BCUT2D eigenvalue weighted by Crippen LogP contribution is 2.05. The zero-order chi connectivity index (χ0) is 28.7. The Kier molecular flexibility index (Phi) is 14.3. The van der Waals surface area contributed by atoms with Crippen LogP contribution in [-0.2, 0) is 33.6 Å². The second-order valence-electron chi connectivity index (χ2n) is 7.78. The zero-order valence-corrected chi connectivity index (χ0v) is 19.7. The Morgan fingerprint density at radius 2 is 1.22 bits per heavy atom. The Morgan fingerprint density at radius 3 is 1.70 bits per heavy atom. The van der Waals surface area contributed by atoms with Gasteiger partial charge in [0.1, 0.15) is 18.1 Å². The molecule has 4 amide bonds. The summed E-state index contributed by atoms with van der Waals surface area (Å²) < 4.78 is 0. The SMILES string of the molecule is NC(=O)CCC(NC(=O)C(CC(=O)O)NC(=O)C(N)CC(=O)O)C(=O)NC(CCCN=C(N)N)C(=O)O. The van der Waals surface area contributed by atoms with Crippen LogP contribution in [0.4, 0.5) is 0 Å². The van der Waals surface area contributed by atoms with Crippen molar-refractivity contribution in [1.82, 2.24) is 16.0 Å². The van der Waals surface area contributed by atoms with Crippen LogP contribution < -0.4 is 38.9 Å². The van der Waals surface area contributed by atoms with E-state index in [1.807, 2.05) is 5.32 Å². The normalized spacial score (nSPS) is 13.6. The minimum absolute atomic E-state index is 0.0738. The topological polar surface area (TPSA) is 333 Å². The monoisotopic (exact) mass is 532 g/mol. The maximum Gasteiger partial charge on any atom is 0.326 e. The standard InChI is InChI=1S/C19H32N8O10/c20-8(6-13(29)30)15(33)27-11(7-14(31)32)17(35)25-9(3-4-12(21)28)16(34)26-10(18(36)37)2-1-5-24-19(22)23/h8-11H,1-7,20H2,(H2,21,28)(H,25,35)(H,26,34)(H,27,33)(H,29,30)(H,31,32)(H,36,37)(H4,22,23,24). The van der Waals surface area contributed by atoms with Gasteiger partial charge in [0, 0.05) is 13.0 Å². The average Bonchev–Trinajstić information content (AvgIpc) is 2.76. The van der Waals surface area contributed by atoms with Gasteiger partial charge >= 0.3 is 17.9 Å². The molecule has 0 saturated carbocycles. The molecule has 0 aromatic heterocycles. The van der Waals surface area contributed by atoms with Gasteiger partial charge < -0.3 is 54.2 Å². The molecule has 0 fully saturated rings. The van der Waals surface area contributed by atoms with Crippen molar-refractivity contribution in [1.29, 1.82) is 0 Å². The molecular weight excluding hydrogens is 500 g/mol. The quantitative estimate of drug-likeness (QED) is 0.0450. The van der Waals surface area contributed by atoms with Gasteiger partial charge in [-0.25, -0.2) is 4.79 Å². The lowest BCUT2D eigenvalue weighted by molar-refractivity contribution is -0.143. The molecule has 4 atom stereocenters. The number of aliphatic imine (C=N–C) groups is 1. The third-order valence-corrected chi connectivity index (χ3v) is 4.62. The molecule has 18 heteroatoms. The smallest absolute Gasteiger partial charge is 0.326 e. The lowest BCUT2D eigenvalue weighted by atomic mass is 10.1. The number of amides is 4. The van der Waals surface area contributed by atoms with Crippen LogP contribution in [0, 0.1) is 0 Å². The van der Waals surface area contributed by atoms with E-state index in [0.717, 1.165) is 0 Å². The van der Waals surface area contributed by atoms with Gasteiger partial charge in [-0.3, -0.25) is 33.8 Å². The van der Waals surface area contributed by atoms with Crippen LogP contribution in [0.3, 0.4) is 0 Å². The molecule has 18 nitrogen and oxygen atoms in total. The zero-order valence-electron chi connectivity index (χ0n) is 19.7. The van der Waals surface area contributed by atoms with Gasteiger partial charge in [0.15, 0.2) is 5.96 Å². The number of rotatable bonds is 18. The number of carbonyl (C=O) groups excluding carboxylic acids is 4. The molecule has 0 aliphatic carbocycles. The van der Waals surface area contributed by atoms with Gasteiger partial charge in [0.05, 0.1) is 18.9 Å². The number of nitrogens with zero attached hydrogens (tertiary/aromatic N) is 1. The second-order valence-corrected chi connectivity index (χ2v) is 7.78. The summed E-state index contributed by atoms with van der Waals surface area (Å²) >= 11 is 0. The van der Waals surface area contributed by atoms with Crippen LogP contribution >= 0.6 is 0 Å². The van der Waals surface area contributed by atoms with E-state index in [1.54, 1.807) is 0 Å². The van der Waals surface area contributed by atoms with Crippen LogP contribution in [0.2, 0.25) is 0 Å². The third kappa shape index (κ3) is 14.5. The fourth-order valence-electron chi connectivity index (χ4n) is 2.80. The summed E-state index contributed by atoms with van der Waals surface area (Å²) in [7, 11) is 0. The molecule has 4 unspecified atom stereocenters. The Bertz CT molecular complexity index is 905. The van der Waals surface area contributed by atoms with E-state index in [-0.39, 0.29) is 31.8 Å². The molecular formula is C19H32N8O10. The van der Waals surface area contributed by atoms with Crippen molar-refractivity contribution in [2.75, 3.05) is 6.54 Å². The molecule has 0 radical (unpaired) electrons. The number of guanidine groups is 1. The maximum atomic E-state index is 12.7. The number of hydrogen-bond donors (Lipinski definition) is 10. The Hall–Kier alpha value is -4.48. The summed E-state index contributed by atoms with van der Waals surface area (Å²) in [6, 6.07) is -6.38. The number of nitrogens with two attached hydrogens (primary N) is 4. The van der Waals surface area contributed by atoms with E-state index < -0.39 is 85.0 Å². The van der Waals surface area contributed by atoms with Crippen molar-refractivity contribution in [3.05, 3.63) is 0 Å². The first-order valence-corrected chi connectivity index (χ1v) is 10.8. The summed E-state index contributed by atoms with van der Waals surface area (Å²) in [5, 5.41) is 33.5. The number of aliphatic carboxylic acids is 3. The Balaban J connectivity index is 5.58. The molecule has 0 heterocycles. The molecule has 14 N–H and O–H groups in total. The van der Waals surface area contributed by atoms with E-state index in [2.05, 4.69) is 15.6 Å². The molecule has 0 spiro atoms. The average molecular weight is 533 g/mol. The van der Waals surface area contributed by atoms with E-state index in [9.17, 15) is 38.7 Å². The predicted molar refractivity (Wildman–Crippen MR) is 124 cm³/mol. The first-order chi connectivity index (χ1) is 17.1. The van der Waals surface area contributed by atoms with Crippen LogP contribution in [0.25, 0.3) is 0 Å². The first kappa shape index (κ1) is 32.5. The van der Waals surface area contributed by atoms with E-state index in [0.29, 0.717) is 0 Å². The number of primary amides is 1. The molecule has 0 rings (SSSR count).